The Hall–Kier alpha value is -2.84. The van der Waals surface area contributed by atoms with E-state index < -0.39 is 0 Å². The molecule has 1 heterocycles. The van der Waals surface area contributed by atoms with Gasteiger partial charge in [-0.3, -0.25) is 9.59 Å². The van der Waals surface area contributed by atoms with Crippen molar-refractivity contribution < 1.29 is 9.59 Å². The summed E-state index contributed by atoms with van der Waals surface area (Å²) in [5.74, 6) is 0.631. The monoisotopic (exact) mass is 485 g/mol. The normalized spacial score (nSPS) is 12.9. The van der Waals surface area contributed by atoms with Gasteiger partial charge in [-0.05, 0) is 42.7 Å². The van der Waals surface area contributed by atoms with Crippen molar-refractivity contribution in [1.29, 1.82) is 0 Å². The summed E-state index contributed by atoms with van der Waals surface area (Å²) in [4.78, 5) is 25.2. The molecule has 0 fully saturated rings. The molecular weight excluding hydrogens is 458 g/mol. The first-order valence-electron chi connectivity index (χ1n) is 10.7. The fourth-order valence-electron chi connectivity index (χ4n) is 3.32. The van der Waals surface area contributed by atoms with Gasteiger partial charge >= 0.3 is 0 Å². The van der Waals surface area contributed by atoms with Gasteiger partial charge in [-0.25, -0.2) is 0 Å². The predicted octanol–water partition coefficient (Wildman–Crippen LogP) is 4.57. The van der Waals surface area contributed by atoms with Crippen LogP contribution in [0.5, 0.6) is 0 Å². The van der Waals surface area contributed by atoms with Gasteiger partial charge in [0.15, 0.2) is 11.0 Å². The number of amides is 2. The molecule has 0 saturated carbocycles. The molecule has 3 rings (SSSR count). The van der Waals surface area contributed by atoms with Crippen LogP contribution in [0.15, 0.2) is 59.8 Å². The molecule has 33 heavy (non-hydrogen) atoms. The highest BCUT2D eigenvalue weighted by Crippen LogP contribution is 2.25. The molecule has 2 amide bonds. The number of aromatic nitrogens is 3. The Morgan fingerprint density at radius 2 is 1.67 bits per heavy atom. The first kappa shape index (κ1) is 24.8. The first-order valence-corrected chi connectivity index (χ1v) is 12.1. The van der Waals surface area contributed by atoms with Crippen LogP contribution >= 0.6 is 23.4 Å². The number of rotatable bonds is 9. The van der Waals surface area contributed by atoms with E-state index in [1.807, 2.05) is 62.7 Å². The van der Waals surface area contributed by atoms with E-state index in [9.17, 15) is 9.59 Å². The van der Waals surface area contributed by atoms with E-state index in [4.69, 9.17) is 11.6 Å². The van der Waals surface area contributed by atoms with Gasteiger partial charge in [-0.1, -0.05) is 67.5 Å². The molecule has 0 saturated heterocycles. The molecular formula is C24H28ClN5O2S. The number of halogens is 1. The largest absolute Gasteiger partial charge is 0.349 e. The molecule has 0 radical (unpaired) electrons. The summed E-state index contributed by atoms with van der Waals surface area (Å²) in [7, 11) is 1.84. The van der Waals surface area contributed by atoms with Gasteiger partial charge in [-0.2, -0.15) is 0 Å². The minimum absolute atomic E-state index is 0.0806. The number of hydrogen-bond donors (Lipinski definition) is 2. The molecule has 2 N–H and O–H groups in total. The molecule has 174 valence electrons. The SMILES string of the molecule is CC(C)[C@H](NC(=O)c1ccc(Cl)cc1)c1nnc(SCC(=O)N[C@@H](C)c2ccccc2)n1C. The number of nitrogens with one attached hydrogen (secondary N) is 2. The molecule has 0 spiro atoms. The Balaban J connectivity index is 1.63. The van der Waals surface area contributed by atoms with Crippen LogP contribution in [0.1, 0.15) is 54.6 Å². The molecule has 0 aliphatic heterocycles. The van der Waals surface area contributed by atoms with Gasteiger partial charge in [0.25, 0.3) is 5.91 Å². The van der Waals surface area contributed by atoms with Crippen molar-refractivity contribution in [3.05, 3.63) is 76.6 Å². The average Bonchev–Trinajstić information content (AvgIpc) is 3.16. The fraction of sp³-hybridized carbons (Fsp3) is 0.333. The maximum Gasteiger partial charge on any atom is 0.251 e. The van der Waals surface area contributed by atoms with Crippen LogP contribution in [0.2, 0.25) is 5.02 Å². The summed E-state index contributed by atoms with van der Waals surface area (Å²) in [6, 6.07) is 16.1. The highest BCUT2D eigenvalue weighted by molar-refractivity contribution is 7.99. The van der Waals surface area contributed by atoms with E-state index in [1.165, 1.54) is 11.8 Å². The second kappa shape index (κ2) is 11.3. The van der Waals surface area contributed by atoms with E-state index in [0.29, 0.717) is 21.6 Å². The van der Waals surface area contributed by atoms with Crippen LogP contribution in [-0.2, 0) is 11.8 Å². The van der Waals surface area contributed by atoms with Crippen LogP contribution in [-0.4, -0.2) is 32.3 Å². The molecule has 1 aromatic heterocycles. The Bertz CT molecular complexity index is 1090. The summed E-state index contributed by atoms with van der Waals surface area (Å²) < 4.78 is 1.82. The van der Waals surface area contributed by atoms with Crippen molar-refractivity contribution in [2.24, 2.45) is 13.0 Å². The Morgan fingerprint density at radius 1 is 1.00 bits per heavy atom. The smallest absolute Gasteiger partial charge is 0.251 e. The maximum atomic E-state index is 12.7. The minimum Gasteiger partial charge on any atom is -0.349 e. The third-order valence-electron chi connectivity index (χ3n) is 5.22. The second-order valence-electron chi connectivity index (χ2n) is 8.09. The molecule has 2 aromatic carbocycles. The lowest BCUT2D eigenvalue weighted by Crippen LogP contribution is -2.33. The first-order chi connectivity index (χ1) is 15.8. The van der Waals surface area contributed by atoms with Crippen molar-refractivity contribution in [2.45, 2.75) is 38.0 Å². The zero-order valence-corrected chi connectivity index (χ0v) is 20.7. The third kappa shape index (κ3) is 6.58. The molecule has 9 heteroatoms. The van der Waals surface area contributed by atoms with Gasteiger partial charge in [0.2, 0.25) is 5.91 Å². The molecule has 0 bridgehead atoms. The number of carbonyl (C=O) groups excluding carboxylic acids is 2. The van der Waals surface area contributed by atoms with Crippen LogP contribution in [0.4, 0.5) is 0 Å². The lowest BCUT2D eigenvalue weighted by molar-refractivity contribution is -0.119. The number of hydrogen-bond acceptors (Lipinski definition) is 5. The van der Waals surface area contributed by atoms with E-state index >= 15 is 0 Å². The summed E-state index contributed by atoms with van der Waals surface area (Å²) >= 11 is 7.23. The zero-order chi connectivity index (χ0) is 24.0. The summed E-state index contributed by atoms with van der Waals surface area (Å²) in [5.41, 5.74) is 1.57. The van der Waals surface area contributed by atoms with E-state index in [2.05, 4.69) is 20.8 Å². The summed E-state index contributed by atoms with van der Waals surface area (Å²) in [6.45, 7) is 5.97. The van der Waals surface area contributed by atoms with Gasteiger partial charge in [-0.15, -0.1) is 10.2 Å². The van der Waals surface area contributed by atoms with Gasteiger partial charge in [0, 0.05) is 17.6 Å². The third-order valence-corrected chi connectivity index (χ3v) is 6.49. The van der Waals surface area contributed by atoms with E-state index in [-0.39, 0.29) is 35.6 Å². The number of thioether (sulfide) groups is 1. The topological polar surface area (TPSA) is 88.9 Å². The summed E-state index contributed by atoms with van der Waals surface area (Å²) in [6.07, 6.45) is 0. The second-order valence-corrected chi connectivity index (χ2v) is 9.47. The van der Waals surface area contributed by atoms with Crippen molar-refractivity contribution in [2.75, 3.05) is 5.75 Å². The van der Waals surface area contributed by atoms with Crippen molar-refractivity contribution in [3.63, 3.8) is 0 Å². The molecule has 0 aliphatic rings. The molecule has 7 nitrogen and oxygen atoms in total. The van der Waals surface area contributed by atoms with Crippen LogP contribution < -0.4 is 10.6 Å². The standard InChI is InChI=1S/C24H28ClN5O2S/c1-15(2)21(27-23(32)18-10-12-19(25)13-11-18)22-28-29-24(30(22)4)33-14-20(31)26-16(3)17-8-6-5-7-9-17/h5-13,15-16,21H,14H2,1-4H3,(H,26,31)(H,27,32)/t16-,21-/m0/s1. The molecule has 2 atom stereocenters. The predicted molar refractivity (Wildman–Crippen MR) is 131 cm³/mol. The van der Waals surface area contributed by atoms with Crippen molar-refractivity contribution >= 4 is 35.2 Å². The Morgan fingerprint density at radius 3 is 2.30 bits per heavy atom. The lowest BCUT2D eigenvalue weighted by Gasteiger charge is -2.21. The van der Waals surface area contributed by atoms with Crippen molar-refractivity contribution in [3.8, 4) is 0 Å². The van der Waals surface area contributed by atoms with Gasteiger partial charge in [0.05, 0.1) is 17.8 Å². The Kier molecular flexibility index (Phi) is 8.52. The average molecular weight is 486 g/mol. The lowest BCUT2D eigenvalue weighted by atomic mass is 10.0. The molecule has 0 unspecified atom stereocenters. The highest BCUT2D eigenvalue weighted by Gasteiger charge is 2.25. The molecule has 0 aliphatic carbocycles. The Labute approximate surface area is 203 Å². The van der Waals surface area contributed by atoms with Crippen LogP contribution in [0.3, 0.4) is 0 Å². The van der Waals surface area contributed by atoms with Crippen molar-refractivity contribution in [1.82, 2.24) is 25.4 Å². The maximum absolute atomic E-state index is 12.7. The molecule has 3 aromatic rings. The number of nitrogens with zero attached hydrogens (tertiary/aromatic N) is 3. The van der Waals surface area contributed by atoms with Crippen LogP contribution in [0.25, 0.3) is 0 Å². The quantitative estimate of drug-likeness (QED) is 0.433. The number of benzene rings is 2. The van der Waals surface area contributed by atoms with Gasteiger partial charge in [0.1, 0.15) is 0 Å². The fourth-order valence-corrected chi connectivity index (χ4v) is 4.17. The van der Waals surface area contributed by atoms with E-state index in [0.717, 1.165) is 5.56 Å². The van der Waals surface area contributed by atoms with E-state index in [1.54, 1.807) is 24.3 Å². The number of carbonyl (C=O) groups is 2. The summed E-state index contributed by atoms with van der Waals surface area (Å²) in [5, 5.41) is 15.8. The van der Waals surface area contributed by atoms with Gasteiger partial charge < -0.3 is 15.2 Å². The van der Waals surface area contributed by atoms with Crippen LogP contribution in [0, 0.1) is 5.92 Å². The zero-order valence-electron chi connectivity index (χ0n) is 19.1. The highest BCUT2D eigenvalue weighted by atomic mass is 35.5. The minimum atomic E-state index is -0.341.